The fourth-order valence-electron chi connectivity index (χ4n) is 1.96. The summed E-state index contributed by atoms with van der Waals surface area (Å²) in [7, 11) is 1.66. The van der Waals surface area contributed by atoms with Crippen LogP contribution in [0.4, 0.5) is 22.7 Å². The molecule has 0 fully saturated rings. The van der Waals surface area contributed by atoms with Gasteiger partial charge in [-0.2, -0.15) is 0 Å². The summed E-state index contributed by atoms with van der Waals surface area (Å²) in [6.45, 7) is 1.95. The summed E-state index contributed by atoms with van der Waals surface area (Å²) in [6, 6.07) is 10.9. The maximum atomic E-state index is 11.2. The zero-order valence-electron chi connectivity index (χ0n) is 11.1. The fourth-order valence-corrected chi connectivity index (χ4v) is 2.43. The predicted molar refractivity (Wildman–Crippen MR) is 84.8 cm³/mol. The molecule has 0 spiro atoms. The lowest BCUT2D eigenvalue weighted by Gasteiger charge is -2.12. The number of nitrogens with zero attached hydrogens (tertiary/aromatic N) is 1. The Bertz CT molecular complexity index is 659. The number of anilines is 3. The quantitative estimate of drug-likeness (QED) is 0.639. The summed E-state index contributed by atoms with van der Waals surface area (Å²) in [5.74, 6) is 0. The second-order valence-corrected chi connectivity index (χ2v) is 5.21. The molecule has 0 aromatic heterocycles. The molecule has 0 bridgehead atoms. The van der Waals surface area contributed by atoms with Gasteiger partial charge in [0.05, 0.1) is 4.92 Å². The van der Waals surface area contributed by atoms with E-state index in [-0.39, 0.29) is 10.6 Å². The molecule has 104 valence electrons. The molecule has 2 aromatic rings. The highest BCUT2D eigenvalue weighted by Gasteiger charge is 2.19. The van der Waals surface area contributed by atoms with Gasteiger partial charge in [-0.05, 0) is 42.8 Å². The van der Waals surface area contributed by atoms with Gasteiger partial charge < -0.3 is 10.6 Å². The van der Waals surface area contributed by atoms with Crippen molar-refractivity contribution in [2.24, 2.45) is 0 Å². The predicted octanol–water partition coefficient (Wildman–Crippen LogP) is 4.45. The summed E-state index contributed by atoms with van der Waals surface area (Å²) < 4.78 is 0.971. The Hall–Kier alpha value is -2.08. The number of nitrogens with one attached hydrogen (secondary N) is 2. The van der Waals surface area contributed by atoms with Crippen LogP contribution >= 0.6 is 15.9 Å². The Morgan fingerprint density at radius 2 is 1.85 bits per heavy atom. The Balaban J connectivity index is 2.45. The summed E-state index contributed by atoms with van der Waals surface area (Å²) in [6.07, 6.45) is 0. The van der Waals surface area contributed by atoms with E-state index < -0.39 is 0 Å². The van der Waals surface area contributed by atoms with Crippen molar-refractivity contribution in [1.82, 2.24) is 0 Å². The molecule has 2 aromatic carbocycles. The Labute approximate surface area is 125 Å². The van der Waals surface area contributed by atoms with Crippen molar-refractivity contribution in [2.75, 3.05) is 17.7 Å². The Morgan fingerprint density at radius 3 is 2.45 bits per heavy atom. The average molecular weight is 336 g/mol. The second-order valence-electron chi connectivity index (χ2n) is 4.29. The maximum Gasteiger partial charge on any atom is 0.315 e. The standard InChI is InChI=1S/C14H14BrN3O2/c1-9-8-10(15)6-7-11(9)17-13-5-3-4-12(16-2)14(13)18(19)20/h3-8,16-17H,1-2H3. The molecule has 6 heteroatoms. The van der Waals surface area contributed by atoms with Crippen molar-refractivity contribution >= 4 is 38.7 Å². The van der Waals surface area contributed by atoms with E-state index in [1.807, 2.05) is 25.1 Å². The van der Waals surface area contributed by atoms with Gasteiger partial charge in [0, 0.05) is 17.2 Å². The highest BCUT2D eigenvalue weighted by molar-refractivity contribution is 9.10. The Kier molecular flexibility index (Phi) is 4.24. The third-order valence-electron chi connectivity index (χ3n) is 2.95. The maximum absolute atomic E-state index is 11.2. The van der Waals surface area contributed by atoms with Gasteiger partial charge in [-0.3, -0.25) is 10.1 Å². The van der Waals surface area contributed by atoms with E-state index in [0.29, 0.717) is 11.4 Å². The fraction of sp³-hybridized carbons (Fsp3) is 0.143. The first-order chi connectivity index (χ1) is 9.52. The van der Waals surface area contributed by atoms with Crippen LogP contribution in [0, 0.1) is 17.0 Å². The van der Waals surface area contributed by atoms with E-state index in [4.69, 9.17) is 0 Å². The van der Waals surface area contributed by atoms with Crippen molar-refractivity contribution < 1.29 is 4.92 Å². The van der Waals surface area contributed by atoms with E-state index in [9.17, 15) is 10.1 Å². The molecule has 0 aliphatic heterocycles. The van der Waals surface area contributed by atoms with Gasteiger partial charge >= 0.3 is 5.69 Å². The molecule has 0 unspecified atom stereocenters. The number of rotatable bonds is 4. The molecule has 0 heterocycles. The minimum atomic E-state index is -0.387. The summed E-state index contributed by atoms with van der Waals surface area (Å²) >= 11 is 3.40. The number of hydrogen-bond acceptors (Lipinski definition) is 4. The lowest BCUT2D eigenvalue weighted by molar-refractivity contribution is -0.383. The first-order valence-corrected chi connectivity index (χ1v) is 6.80. The van der Waals surface area contributed by atoms with E-state index in [0.717, 1.165) is 15.7 Å². The first kappa shape index (κ1) is 14.3. The van der Waals surface area contributed by atoms with Crippen molar-refractivity contribution in [3.05, 3.63) is 56.5 Å². The number of nitro benzene ring substituents is 1. The zero-order chi connectivity index (χ0) is 14.7. The number of benzene rings is 2. The lowest BCUT2D eigenvalue weighted by Crippen LogP contribution is -2.02. The van der Waals surface area contributed by atoms with Gasteiger partial charge in [-0.15, -0.1) is 0 Å². The monoisotopic (exact) mass is 335 g/mol. The number of hydrogen-bond donors (Lipinski definition) is 2. The SMILES string of the molecule is CNc1cccc(Nc2ccc(Br)cc2C)c1[N+](=O)[O-]. The third kappa shape index (κ3) is 2.91. The van der Waals surface area contributed by atoms with Gasteiger partial charge in [0.25, 0.3) is 0 Å². The minimum absolute atomic E-state index is 0.0392. The number of nitro groups is 1. The summed E-state index contributed by atoms with van der Waals surface area (Å²) in [5, 5.41) is 17.2. The van der Waals surface area contributed by atoms with Crippen LogP contribution in [0.25, 0.3) is 0 Å². The van der Waals surface area contributed by atoms with Crippen LogP contribution in [0.15, 0.2) is 40.9 Å². The molecule has 0 aliphatic rings. The van der Waals surface area contributed by atoms with Gasteiger partial charge in [0.2, 0.25) is 0 Å². The van der Waals surface area contributed by atoms with Crippen LogP contribution in [0.5, 0.6) is 0 Å². The van der Waals surface area contributed by atoms with E-state index in [2.05, 4.69) is 26.6 Å². The van der Waals surface area contributed by atoms with Crippen molar-refractivity contribution in [2.45, 2.75) is 6.92 Å². The van der Waals surface area contributed by atoms with Crippen LogP contribution < -0.4 is 10.6 Å². The molecule has 2 N–H and O–H groups in total. The van der Waals surface area contributed by atoms with E-state index in [1.54, 1.807) is 25.2 Å². The van der Waals surface area contributed by atoms with Crippen LogP contribution in [-0.4, -0.2) is 12.0 Å². The Morgan fingerprint density at radius 1 is 1.15 bits per heavy atom. The van der Waals surface area contributed by atoms with Gasteiger partial charge in [-0.25, -0.2) is 0 Å². The van der Waals surface area contributed by atoms with Crippen molar-refractivity contribution in [3.8, 4) is 0 Å². The molecular weight excluding hydrogens is 322 g/mol. The average Bonchev–Trinajstić information content (AvgIpc) is 2.41. The molecule has 0 saturated heterocycles. The number of para-hydroxylation sites is 1. The third-order valence-corrected chi connectivity index (χ3v) is 3.44. The molecule has 5 nitrogen and oxygen atoms in total. The lowest BCUT2D eigenvalue weighted by atomic mass is 10.1. The van der Waals surface area contributed by atoms with Crippen LogP contribution in [0.2, 0.25) is 0 Å². The molecule has 20 heavy (non-hydrogen) atoms. The highest BCUT2D eigenvalue weighted by atomic mass is 79.9. The smallest absolute Gasteiger partial charge is 0.315 e. The topological polar surface area (TPSA) is 67.2 Å². The molecule has 0 radical (unpaired) electrons. The van der Waals surface area contributed by atoms with Crippen LogP contribution in [0.3, 0.4) is 0 Å². The van der Waals surface area contributed by atoms with Crippen LogP contribution in [0.1, 0.15) is 5.56 Å². The zero-order valence-corrected chi connectivity index (χ0v) is 12.7. The summed E-state index contributed by atoms with van der Waals surface area (Å²) in [5.41, 5.74) is 2.83. The van der Waals surface area contributed by atoms with Crippen molar-refractivity contribution in [3.63, 3.8) is 0 Å². The van der Waals surface area contributed by atoms with E-state index >= 15 is 0 Å². The number of halogens is 1. The normalized spacial score (nSPS) is 10.2. The molecule has 2 rings (SSSR count). The summed E-state index contributed by atoms with van der Waals surface area (Å²) in [4.78, 5) is 10.9. The van der Waals surface area contributed by atoms with Crippen LogP contribution in [-0.2, 0) is 0 Å². The molecule has 0 atom stereocenters. The van der Waals surface area contributed by atoms with Gasteiger partial charge in [0.15, 0.2) is 0 Å². The first-order valence-electron chi connectivity index (χ1n) is 6.01. The largest absolute Gasteiger partial charge is 0.382 e. The van der Waals surface area contributed by atoms with Crippen molar-refractivity contribution in [1.29, 1.82) is 0 Å². The second kappa shape index (κ2) is 5.92. The molecule has 0 saturated carbocycles. The highest BCUT2D eigenvalue weighted by Crippen LogP contribution is 2.35. The van der Waals surface area contributed by atoms with Gasteiger partial charge in [0.1, 0.15) is 11.4 Å². The van der Waals surface area contributed by atoms with Gasteiger partial charge in [-0.1, -0.05) is 22.0 Å². The molecule has 0 aliphatic carbocycles. The molecule has 0 amide bonds. The molecular formula is C14H14BrN3O2. The number of aryl methyl sites for hydroxylation is 1. The van der Waals surface area contributed by atoms with E-state index in [1.165, 1.54) is 0 Å². The minimum Gasteiger partial charge on any atom is -0.382 e.